The lowest BCUT2D eigenvalue weighted by atomic mass is 9.92. The molecule has 0 amide bonds. The van der Waals surface area contributed by atoms with Crippen molar-refractivity contribution in [3.05, 3.63) is 0 Å². The van der Waals surface area contributed by atoms with E-state index in [0.717, 1.165) is 12.6 Å². The number of nitrogens with one attached hydrogen (secondary N) is 1. The molecule has 1 N–H and O–H groups in total. The van der Waals surface area contributed by atoms with Crippen molar-refractivity contribution in [1.29, 1.82) is 0 Å². The van der Waals surface area contributed by atoms with Crippen LogP contribution in [0.5, 0.6) is 0 Å². The van der Waals surface area contributed by atoms with Gasteiger partial charge in [0.2, 0.25) is 0 Å². The van der Waals surface area contributed by atoms with E-state index in [9.17, 15) is 0 Å². The summed E-state index contributed by atoms with van der Waals surface area (Å²) in [6.07, 6.45) is 12.6. The molecule has 2 saturated carbocycles. The van der Waals surface area contributed by atoms with Gasteiger partial charge >= 0.3 is 0 Å². The van der Waals surface area contributed by atoms with Crippen LogP contribution in [-0.2, 0) is 4.74 Å². The average molecular weight is 251 g/mol. The van der Waals surface area contributed by atoms with Crippen LogP contribution in [0, 0.1) is 5.41 Å². The Labute approximate surface area is 112 Å². The van der Waals surface area contributed by atoms with E-state index in [1.165, 1.54) is 57.8 Å². The summed E-state index contributed by atoms with van der Waals surface area (Å²) in [5, 5.41) is 3.76. The van der Waals surface area contributed by atoms with Gasteiger partial charge in [-0.2, -0.15) is 0 Å². The Morgan fingerprint density at radius 1 is 1.06 bits per heavy atom. The molecule has 3 fully saturated rings. The second kappa shape index (κ2) is 4.79. The average Bonchev–Trinajstić information content (AvgIpc) is 3.00. The summed E-state index contributed by atoms with van der Waals surface area (Å²) in [6.45, 7) is 5.88. The third kappa shape index (κ3) is 2.75. The molecule has 18 heavy (non-hydrogen) atoms. The maximum Gasteiger partial charge on any atom is 0.0708 e. The molecule has 0 aromatic heterocycles. The van der Waals surface area contributed by atoms with Crippen molar-refractivity contribution in [3.8, 4) is 0 Å². The number of ether oxygens (including phenoxy) is 1. The molecule has 3 rings (SSSR count). The third-order valence-electron chi connectivity index (χ3n) is 5.46. The highest BCUT2D eigenvalue weighted by Gasteiger charge is 2.42. The molecule has 0 aromatic carbocycles. The van der Waals surface area contributed by atoms with Crippen molar-refractivity contribution < 1.29 is 4.74 Å². The van der Waals surface area contributed by atoms with E-state index in [1.807, 2.05) is 0 Å². The monoisotopic (exact) mass is 251 g/mol. The summed E-state index contributed by atoms with van der Waals surface area (Å²) in [6, 6.07) is 0.740. The van der Waals surface area contributed by atoms with Gasteiger partial charge in [0.15, 0.2) is 0 Å². The standard InChI is InChI=1S/C16H29NO/c1-15(2)9-5-13(11-15)17-12-14-6-10-16(18-14)7-3-4-8-16/h13-14,17H,3-12H2,1-2H3. The van der Waals surface area contributed by atoms with Crippen molar-refractivity contribution in [2.75, 3.05) is 6.54 Å². The van der Waals surface area contributed by atoms with Crippen LogP contribution in [0.1, 0.15) is 71.6 Å². The fraction of sp³-hybridized carbons (Fsp3) is 1.00. The molecule has 2 aliphatic carbocycles. The van der Waals surface area contributed by atoms with Gasteiger partial charge in [-0.3, -0.25) is 0 Å². The van der Waals surface area contributed by atoms with Crippen LogP contribution >= 0.6 is 0 Å². The van der Waals surface area contributed by atoms with E-state index in [2.05, 4.69) is 19.2 Å². The van der Waals surface area contributed by atoms with E-state index in [0.29, 0.717) is 17.1 Å². The fourth-order valence-corrected chi connectivity index (χ4v) is 4.33. The van der Waals surface area contributed by atoms with Gasteiger partial charge in [0.25, 0.3) is 0 Å². The molecule has 1 spiro atoms. The molecule has 1 aliphatic heterocycles. The Hall–Kier alpha value is -0.0800. The summed E-state index contributed by atoms with van der Waals surface area (Å²) in [5.41, 5.74) is 0.863. The van der Waals surface area contributed by atoms with Crippen LogP contribution in [0.2, 0.25) is 0 Å². The van der Waals surface area contributed by atoms with E-state index in [4.69, 9.17) is 4.74 Å². The van der Waals surface area contributed by atoms with Crippen molar-refractivity contribution in [1.82, 2.24) is 5.32 Å². The van der Waals surface area contributed by atoms with Crippen molar-refractivity contribution in [3.63, 3.8) is 0 Å². The van der Waals surface area contributed by atoms with Gasteiger partial charge in [0, 0.05) is 12.6 Å². The zero-order chi connectivity index (χ0) is 12.6. The van der Waals surface area contributed by atoms with Crippen molar-refractivity contribution in [2.45, 2.75) is 89.4 Å². The van der Waals surface area contributed by atoms with Crippen LogP contribution in [0.25, 0.3) is 0 Å². The highest BCUT2D eigenvalue weighted by molar-refractivity contribution is 4.94. The SMILES string of the molecule is CC1(C)CCC(NCC2CCC3(CCCC3)O2)C1. The van der Waals surface area contributed by atoms with E-state index in [1.54, 1.807) is 0 Å². The van der Waals surface area contributed by atoms with Crippen LogP contribution in [0.3, 0.4) is 0 Å². The molecule has 2 heteroatoms. The minimum Gasteiger partial charge on any atom is -0.370 e. The van der Waals surface area contributed by atoms with Crippen molar-refractivity contribution in [2.24, 2.45) is 5.41 Å². The molecule has 2 nitrogen and oxygen atoms in total. The van der Waals surface area contributed by atoms with Crippen LogP contribution in [-0.4, -0.2) is 24.3 Å². The quantitative estimate of drug-likeness (QED) is 0.826. The minimum absolute atomic E-state index is 0.307. The predicted molar refractivity (Wildman–Crippen MR) is 74.7 cm³/mol. The lowest BCUT2D eigenvalue weighted by Crippen LogP contribution is -2.36. The molecular weight excluding hydrogens is 222 g/mol. The predicted octanol–water partition coefficient (Wildman–Crippen LogP) is 3.65. The Bertz CT molecular complexity index is 293. The second-order valence-electron chi connectivity index (χ2n) is 7.68. The first-order valence-corrected chi connectivity index (χ1v) is 7.98. The maximum atomic E-state index is 6.36. The summed E-state index contributed by atoms with van der Waals surface area (Å²) >= 11 is 0. The van der Waals surface area contributed by atoms with Gasteiger partial charge in [-0.25, -0.2) is 0 Å². The smallest absolute Gasteiger partial charge is 0.0708 e. The molecule has 0 bridgehead atoms. The molecular formula is C16H29NO. The molecule has 3 aliphatic rings. The zero-order valence-electron chi connectivity index (χ0n) is 12.1. The maximum absolute atomic E-state index is 6.36. The topological polar surface area (TPSA) is 21.3 Å². The van der Waals surface area contributed by atoms with E-state index >= 15 is 0 Å². The molecule has 104 valence electrons. The zero-order valence-corrected chi connectivity index (χ0v) is 12.1. The molecule has 0 aromatic rings. The van der Waals surface area contributed by atoms with Gasteiger partial charge < -0.3 is 10.1 Å². The normalized spacial score (nSPS) is 37.7. The lowest BCUT2D eigenvalue weighted by molar-refractivity contribution is -0.0359. The van der Waals surface area contributed by atoms with Gasteiger partial charge in [0.05, 0.1) is 11.7 Å². The lowest BCUT2D eigenvalue weighted by Gasteiger charge is -2.25. The number of rotatable bonds is 3. The first kappa shape index (κ1) is 12.9. The fourth-order valence-electron chi connectivity index (χ4n) is 4.33. The van der Waals surface area contributed by atoms with Gasteiger partial charge in [-0.1, -0.05) is 26.7 Å². The van der Waals surface area contributed by atoms with Crippen LogP contribution in [0.15, 0.2) is 0 Å². The van der Waals surface area contributed by atoms with E-state index < -0.39 is 0 Å². The molecule has 1 heterocycles. The molecule has 1 saturated heterocycles. The first-order valence-electron chi connectivity index (χ1n) is 7.98. The Morgan fingerprint density at radius 2 is 1.83 bits per heavy atom. The first-order chi connectivity index (χ1) is 8.57. The highest BCUT2D eigenvalue weighted by atomic mass is 16.5. The summed E-state index contributed by atoms with van der Waals surface area (Å²) in [7, 11) is 0. The molecule has 2 unspecified atom stereocenters. The summed E-state index contributed by atoms with van der Waals surface area (Å²) < 4.78 is 6.36. The summed E-state index contributed by atoms with van der Waals surface area (Å²) in [4.78, 5) is 0. The van der Waals surface area contributed by atoms with E-state index in [-0.39, 0.29) is 0 Å². The largest absolute Gasteiger partial charge is 0.370 e. The van der Waals surface area contributed by atoms with Crippen LogP contribution < -0.4 is 5.32 Å². The van der Waals surface area contributed by atoms with Crippen molar-refractivity contribution >= 4 is 0 Å². The minimum atomic E-state index is 0.307. The third-order valence-corrected chi connectivity index (χ3v) is 5.46. The Morgan fingerprint density at radius 3 is 2.50 bits per heavy atom. The second-order valence-corrected chi connectivity index (χ2v) is 7.68. The van der Waals surface area contributed by atoms with Gasteiger partial charge in [-0.15, -0.1) is 0 Å². The molecule has 0 radical (unpaired) electrons. The number of hydrogen-bond donors (Lipinski definition) is 1. The van der Waals surface area contributed by atoms with Gasteiger partial charge in [-0.05, 0) is 50.4 Å². The van der Waals surface area contributed by atoms with Gasteiger partial charge in [0.1, 0.15) is 0 Å². The number of hydrogen-bond acceptors (Lipinski definition) is 2. The Kier molecular flexibility index (Phi) is 3.44. The van der Waals surface area contributed by atoms with Crippen LogP contribution in [0.4, 0.5) is 0 Å². The molecule has 2 atom stereocenters. The highest BCUT2D eigenvalue weighted by Crippen LogP contribution is 2.43. The Balaban J connectivity index is 1.42. The summed E-state index contributed by atoms with van der Waals surface area (Å²) in [5.74, 6) is 0.